The molecule has 1 saturated carbocycles. The lowest BCUT2D eigenvalue weighted by molar-refractivity contribution is 0.165. The SMILES string of the molecule is COc1ccc(C2CC(C)(C)CCC2CN)cc1F. The molecular weight excluding hydrogens is 241 g/mol. The highest BCUT2D eigenvalue weighted by atomic mass is 19.1. The van der Waals surface area contributed by atoms with Gasteiger partial charge in [-0.1, -0.05) is 19.9 Å². The van der Waals surface area contributed by atoms with Crippen LogP contribution in [-0.2, 0) is 0 Å². The molecule has 0 bridgehead atoms. The molecule has 0 aliphatic heterocycles. The van der Waals surface area contributed by atoms with Crippen LogP contribution in [0.2, 0.25) is 0 Å². The van der Waals surface area contributed by atoms with Gasteiger partial charge in [-0.2, -0.15) is 0 Å². The van der Waals surface area contributed by atoms with Crippen LogP contribution in [0.4, 0.5) is 4.39 Å². The maximum absolute atomic E-state index is 13.9. The lowest BCUT2D eigenvalue weighted by Gasteiger charge is -2.40. The largest absolute Gasteiger partial charge is 0.494 e. The van der Waals surface area contributed by atoms with Gasteiger partial charge in [0.05, 0.1) is 7.11 Å². The van der Waals surface area contributed by atoms with Crippen molar-refractivity contribution in [1.29, 1.82) is 0 Å². The van der Waals surface area contributed by atoms with E-state index in [1.54, 1.807) is 12.1 Å². The summed E-state index contributed by atoms with van der Waals surface area (Å²) in [5.41, 5.74) is 7.26. The number of nitrogens with two attached hydrogens (primary N) is 1. The topological polar surface area (TPSA) is 35.2 Å². The molecule has 1 fully saturated rings. The zero-order valence-corrected chi connectivity index (χ0v) is 12.1. The molecule has 1 aliphatic carbocycles. The third-order valence-corrected chi connectivity index (χ3v) is 4.44. The van der Waals surface area contributed by atoms with E-state index in [0.717, 1.165) is 18.4 Å². The van der Waals surface area contributed by atoms with E-state index in [2.05, 4.69) is 13.8 Å². The van der Waals surface area contributed by atoms with Gasteiger partial charge in [0, 0.05) is 0 Å². The molecule has 0 amide bonds. The minimum atomic E-state index is -0.279. The molecule has 0 radical (unpaired) electrons. The Bertz CT molecular complexity index is 444. The number of rotatable bonds is 3. The molecule has 2 N–H and O–H groups in total. The van der Waals surface area contributed by atoms with Gasteiger partial charge in [-0.05, 0) is 60.8 Å². The predicted molar refractivity (Wildman–Crippen MR) is 75.9 cm³/mol. The van der Waals surface area contributed by atoms with Crippen LogP contribution in [-0.4, -0.2) is 13.7 Å². The first-order valence-electron chi connectivity index (χ1n) is 7.00. The first-order valence-corrected chi connectivity index (χ1v) is 7.00. The second-order valence-electron chi connectivity index (χ2n) is 6.40. The van der Waals surface area contributed by atoms with Gasteiger partial charge in [-0.25, -0.2) is 4.39 Å². The second kappa shape index (κ2) is 5.49. The van der Waals surface area contributed by atoms with Crippen LogP contribution in [0.1, 0.15) is 44.6 Å². The second-order valence-corrected chi connectivity index (χ2v) is 6.40. The summed E-state index contributed by atoms with van der Waals surface area (Å²) >= 11 is 0. The molecule has 19 heavy (non-hydrogen) atoms. The first kappa shape index (κ1) is 14.3. The normalized spacial score (nSPS) is 26.2. The number of benzene rings is 1. The van der Waals surface area contributed by atoms with Gasteiger partial charge in [0.2, 0.25) is 0 Å². The van der Waals surface area contributed by atoms with E-state index < -0.39 is 0 Å². The van der Waals surface area contributed by atoms with Crippen molar-refractivity contribution in [2.24, 2.45) is 17.1 Å². The van der Waals surface area contributed by atoms with Crippen LogP contribution >= 0.6 is 0 Å². The Balaban J connectivity index is 2.29. The molecular formula is C16H24FNO. The van der Waals surface area contributed by atoms with Crippen LogP contribution in [0.15, 0.2) is 18.2 Å². The van der Waals surface area contributed by atoms with Crippen LogP contribution in [0.3, 0.4) is 0 Å². The highest BCUT2D eigenvalue weighted by Gasteiger charge is 2.35. The van der Waals surface area contributed by atoms with E-state index in [0.29, 0.717) is 29.5 Å². The lowest BCUT2D eigenvalue weighted by atomic mass is 9.65. The molecule has 2 rings (SSSR count). The van der Waals surface area contributed by atoms with Crippen molar-refractivity contribution < 1.29 is 9.13 Å². The predicted octanol–water partition coefficient (Wildman–Crippen LogP) is 3.70. The van der Waals surface area contributed by atoms with Gasteiger partial charge in [0.15, 0.2) is 11.6 Å². The molecule has 0 saturated heterocycles. The van der Waals surface area contributed by atoms with Gasteiger partial charge in [-0.3, -0.25) is 0 Å². The Morgan fingerprint density at radius 3 is 2.74 bits per heavy atom. The van der Waals surface area contributed by atoms with Crippen LogP contribution in [0, 0.1) is 17.2 Å². The van der Waals surface area contributed by atoms with E-state index in [1.807, 2.05) is 6.07 Å². The van der Waals surface area contributed by atoms with E-state index in [-0.39, 0.29) is 5.82 Å². The Morgan fingerprint density at radius 2 is 2.16 bits per heavy atom. The van der Waals surface area contributed by atoms with Gasteiger partial charge in [0.1, 0.15) is 0 Å². The Morgan fingerprint density at radius 1 is 1.42 bits per heavy atom. The minimum Gasteiger partial charge on any atom is -0.494 e. The van der Waals surface area contributed by atoms with Gasteiger partial charge in [0.25, 0.3) is 0 Å². The van der Waals surface area contributed by atoms with E-state index >= 15 is 0 Å². The number of halogens is 1. The molecule has 0 spiro atoms. The summed E-state index contributed by atoms with van der Waals surface area (Å²) in [6.07, 6.45) is 3.40. The molecule has 3 heteroatoms. The molecule has 2 atom stereocenters. The molecule has 1 aromatic rings. The van der Waals surface area contributed by atoms with E-state index in [1.165, 1.54) is 13.5 Å². The molecule has 0 heterocycles. The van der Waals surface area contributed by atoms with Gasteiger partial charge < -0.3 is 10.5 Å². The fourth-order valence-electron chi connectivity index (χ4n) is 3.23. The number of ether oxygens (including phenoxy) is 1. The summed E-state index contributed by atoms with van der Waals surface area (Å²) < 4.78 is 18.9. The zero-order chi connectivity index (χ0) is 14.0. The van der Waals surface area contributed by atoms with Crippen molar-refractivity contribution in [3.8, 4) is 5.75 Å². The first-order chi connectivity index (χ1) is 8.96. The molecule has 106 valence electrons. The van der Waals surface area contributed by atoms with E-state index in [4.69, 9.17) is 10.5 Å². The maximum Gasteiger partial charge on any atom is 0.165 e. The van der Waals surface area contributed by atoms with Crippen LogP contribution in [0.25, 0.3) is 0 Å². The standard InChI is InChI=1S/C16H24FNO/c1-16(2)7-6-12(10-18)13(9-16)11-4-5-15(19-3)14(17)8-11/h4-5,8,12-13H,6-7,9-10,18H2,1-3H3. The molecule has 2 unspecified atom stereocenters. The van der Waals surface area contributed by atoms with Gasteiger partial charge >= 0.3 is 0 Å². The average Bonchev–Trinajstić information content (AvgIpc) is 2.37. The van der Waals surface area contributed by atoms with E-state index in [9.17, 15) is 4.39 Å². The van der Waals surface area contributed by atoms with Crippen molar-refractivity contribution in [2.45, 2.75) is 39.0 Å². The number of methoxy groups -OCH3 is 1. The number of hydrogen-bond acceptors (Lipinski definition) is 2. The van der Waals surface area contributed by atoms with Crippen molar-refractivity contribution in [3.05, 3.63) is 29.6 Å². The maximum atomic E-state index is 13.9. The smallest absolute Gasteiger partial charge is 0.165 e. The minimum absolute atomic E-state index is 0.279. The Hall–Kier alpha value is -1.09. The highest BCUT2D eigenvalue weighted by molar-refractivity contribution is 5.32. The third kappa shape index (κ3) is 3.08. The summed E-state index contributed by atoms with van der Waals surface area (Å²) in [7, 11) is 1.49. The Labute approximate surface area is 115 Å². The van der Waals surface area contributed by atoms with Crippen LogP contribution < -0.4 is 10.5 Å². The lowest BCUT2D eigenvalue weighted by Crippen LogP contribution is -2.32. The van der Waals surface area contributed by atoms with Crippen molar-refractivity contribution in [3.63, 3.8) is 0 Å². The summed E-state index contributed by atoms with van der Waals surface area (Å²) in [5.74, 6) is 0.845. The van der Waals surface area contributed by atoms with Crippen LogP contribution in [0.5, 0.6) is 5.75 Å². The van der Waals surface area contributed by atoms with Crippen molar-refractivity contribution >= 4 is 0 Å². The molecule has 0 aromatic heterocycles. The number of hydrogen-bond donors (Lipinski definition) is 1. The highest BCUT2D eigenvalue weighted by Crippen LogP contribution is 2.46. The molecule has 2 nitrogen and oxygen atoms in total. The average molecular weight is 265 g/mol. The zero-order valence-electron chi connectivity index (χ0n) is 12.1. The monoisotopic (exact) mass is 265 g/mol. The summed E-state index contributed by atoms with van der Waals surface area (Å²) in [4.78, 5) is 0. The van der Waals surface area contributed by atoms with Crippen molar-refractivity contribution in [2.75, 3.05) is 13.7 Å². The molecule has 1 aromatic carbocycles. The summed E-state index contributed by atoms with van der Waals surface area (Å²) in [6, 6.07) is 5.32. The van der Waals surface area contributed by atoms with Gasteiger partial charge in [-0.15, -0.1) is 0 Å². The fraction of sp³-hybridized carbons (Fsp3) is 0.625. The third-order valence-electron chi connectivity index (χ3n) is 4.44. The molecule has 1 aliphatic rings. The fourth-order valence-corrected chi connectivity index (χ4v) is 3.23. The Kier molecular flexibility index (Phi) is 4.14. The summed E-state index contributed by atoms with van der Waals surface area (Å²) in [5, 5.41) is 0. The van der Waals surface area contributed by atoms with Crippen molar-refractivity contribution in [1.82, 2.24) is 0 Å². The quantitative estimate of drug-likeness (QED) is 0.904. The summed E-state index contributed by atoms with van der Waals surface area (Å²) in [6.45, 7) is 5.24.